The van der Waals surface area contributed by atoms with Crippen molar-refractivity contribution in [1.82, 2.24) is 0 Å². The predicted octanol–water partition coefficient (Wildman–Crippen LogP) is -2.30. The van der Waals surface area contributed by atoms with Crippen LogP contribution in [0.5, 0.6) is 0 Å². The number of aryl methyl sites for hydroxylation is 1. The SMILES string of the molecule is [C-]#[N+]C(=[C-]c1ccccc1C)C(=O)[O-].[Rb+].[W]. The van der Waals surface area contributed by atoms with Gasteiger partial charge in [-0.1, -0.05) is 13.0 Å². The van der Waals surface area contributed by atoms with Crippen molar-refractivity contribution < 1.29 is 89.2 Å². The average Bonchev–Trinajstić information content (AvgIpc) is 2.16. The minimum Gasteiger partial charge on any atom is -0.615 e. The molecule has 0 aromatic heterocycles. The van der Waals surface area contributed by atoms with Gasteiger partial charge in [-0.3, -0.25) is 4.85 Å². The second-order valence-electron chi connectivity index (χ2n) is 2.69. The molecule has 0 fully saturated rings. The molecule has 0 atom stereocenters. The van der Waals surface area contributed by atoms with Crippen LogP contribution in [0, 0.1) is 19.6 Å². The Labute approximate surface area is 158 Å². The summed E-state index contributed by atoms with van der Waals surface area (Å²) in [5.74, 6) is -1.50. The molecule has 0 aliphatic rings. The third-order valence-electron chi connectivity index (χ3n) is 1.70. The first kappa shape index (κ1) is 18.8. The van der Waals surface area contributed by atoms with Crippen LogP contribution in [0.2, 0.25) is 0 Å². The van der Waals surface area contributed by atoms with Crippen LogP contribution in [0.25, 0.3) is 4.85 Å². The number of benzene rings is 1. The quantitative estimate of drug-likeness (QED) is 0.373. The van der Waals surface area contributed by atoms with E-state index < -0.39 is 11.7 Å². The van der Waals surface area contributed by atoms with E-state index in [2.05, 4.69) is 10.9 Å². The van der Waals surface area contributed by atoms with Crippen molar-refractivity contribution >= 4 is 5.97 Å². The van der Waals surface area contributed by atoms with E-state index in [0.717, 1.165) is 5.56 Å². The summed E-state index contributed by atoms with van der Waals surface area (Å²) in [6.07, 6.45) is 2.50. The summed E-state index contributed by atoms with van der Waals surface area (Å²) < 4.78 is 0. The molecule has 0 aliphatic carbocycles. The number of carboxylic acid groups (broad SMARTS) is 1. The van der Waals surface area contributed by atoms with Crippen LogP contribution in [-0.4, -0.2) is 5.97 Å². The van der Waals surface area contributed by atoms with Crippen LogP contribution in [0.3, 0.4) is 0 Å². The third-order valence-corrected chi connectivity index (χ3v) is 1.70. The van der Waals surface area contributed by atoms with Crippen molar-refractivity contribution in [2.75, 3.05) is 0 Å². The van der Waals surface area contributed by atoms with Gasteiger partial charge in [0, 0.05) is 21.1 Å². The normalized spacial score (nSPS) is 9.38. The summed E-state index contributed by atoms with van der Waals surface area (Å²) in [6.45, 7) is 8.43. The number of carbonyl (C=O) groups excluding carboxylic acids is 1. The van der Waals surface area contributed by atoms with Crippen LogP contribution >= 0.6 is 0 Å². The first-order valence-corrected chi connectivity index (χ1v) is 3.93. The third kappa shape index (κ3) is 5.66. The molecule has 1 rings (SSSR count). The number of carbonyl (C=O) groups is 1. The van der Waals surface area contributed by atoms with Crippen LogP contribution in [0.15, 0.2) is 30.0 Å². The Morgan fingerprint density at radius 3 is 2.44 bits per heavy atom. The molecule has 0 unspecified atom stereocenters. The zero-order valence-electron chi connectivity index (χ0n) is 8.98. The van der Waals surface area contributed by atoms with Gasteiger partial charge in [0.05, 0.1) is 6.57 Å². The summed E-state index contributed by atoms with van der Waals surface area (Å²) in [5.41, 5.74) is 0.969. The second-order valence-corrected chi connectivity index (χ2v) is 2.69. The van der Waals surface area contributed by atoms with Gasteiger partial charge in [0.2, 0.25) is 0 Å². The van der Waals surface area contributed by atoms with Crippen molar-refractivity contribution in [1.29, 1.82) is 0 Å². The second kappa shape index (κ2) is 9.44. The van der Waals surface area contributed by atoms with E-state index in [0.29, 0.717) is 5.56 Å². The van der Waals surface area contributed by atoms with E-state index in [9.17, 15) is 9.90 Å². The zero-order chi connectivity index (χ0) is 10.6. The van der Waals surface area contributed by atoms with Crippen molar-refractivity contribution in [2.24, 2.45) is 0 Å². The maximum absolute atomic E-state index is 10.4. The molecule has 76 valence electrons. The zero-order valence-corrected chi connectivity index (χ0v) is 16.8. The number of carboxylic acids is 1. The number of nitrogens with zero attached hydrogens (tertiary/aromatic N) is 1. The van der Waals surface area contributed by atoms with Crippen molar-refractivity contribution in [3.05, 3.63) is 58.6 Å². The minimum absolute atomic E-state index is 0. The van der Waals surface area contributed by atoms with E-state index in [4.69, 9.17) is 6.57 Å². The molecular weight excluding hydrogens is 447 g/mol. The van der Waals surface area contributed by atoms with Gasteiger partial charge in [-0.25, -0.2) is 0 Å². The monoisotopic (exact) mass is 454 g/mol. The smallest absolute Gasteiger partial charge is 0.615 e. The fraction of sp³-hybridized carbons (Fsp3) is 0.0909. The summed E-state index contributed by atoms with van der Waals surface area (Å²) in [4.78, 5) is 13.2. The Morgan fingerprint density at radius 1 is 1.44 bits per heavy atom. The Balaban J connectivity index is 0. The predicted molar refractivity (Wildman–Crippen MR) is 48.6 cm³/mol. The van der Waals surface area contributed by atoms with Gasteiger partial charge in [-0.05, 0) is 5.97 Å². The first-order chi connectivity index (χ1) is 6.65. The van der Waals surface area contributed by atoms with Crippen molar-refractivity contribution in [2.45, 2.75) is 6.92 Å². The minimum atomic E-state index is -1.50. The van der Waals surface area contributed by atoms with E-state index in [1.165, 1.54) is 0 Å². The van der Waals surface area contributed by atoms with Gasteiger partial charge in [0.25, 0.3) is 0 Å². The number of hydrogen-bond acceptors (Lipinski definition) is 2. The average molecular weight is 454 g/mol. The van der Waals surface area contributed by atoms with Gasteiger partial charge < -0.3 is 9.90 Å². The molecular formula is C11H7NO2RbW-. The molecule has 0 spiro atoms. The molecule has 0 radical (unpaired) electrons. The van der Waals surface area contributed by atoms with E-state index >= 15 is 0 Å². The van der Waals surface area contributed by atoms with E-state index in [1.807, 2.05) is 19.1 Å². The maximum atomic E-state index is 10.4. The topological polar surface area (TPSA) is 44.5 Å². The standard InChI is InChI=1S/C11H8NO2.Rb.W/c1-8-5-3-4-6-9(8)7-10(12-2)11(13)14;;/h3-6H,1H3,(H,13,14);;/q-1;+1;/p-1. The molecule has 0 N–H and O–H groups in total. The number of hydrogen-bond donors (Lipinski definition) is 0. The fourth-order valence-electron chi connectivity index (χ4n) is 0.965. The molecule has 16 heavy (non-hydrogen) atoms. The molecule has 1 aromatic carbocycles. The van der Waals surface area contributed by atoms with Crippen LogP contribution in [0.4, 0.5) is 0 Å². The largest absolute Gasteiger partial charge is 1.00 e. The summed E-state index contributed by atoms with van der Waals surface area (Å²) in [5, 5.41) is 10.4. The first-order valence-electron chi connectivity index (χ1n) is 3.93. The van der Waals surface area contributed by atoms with E-state index in [1.54, 1.807) is 12.1 Å². The van der Waals surface area contributed by atoms with Gasteiger partial charge in [-0.15, -0.1) is 29.8 Å². The maximum Gasteiger partial charge on any atom is 1.00 e. The molecule has 0 saturated heterocycles. The Hall–Kier alpha value is 0.414. The van der Waals surface area contributed by atoms with Gasteiger partial charge in [0.15, 0.2) is 0 Å². The van der Waals surface area contributed by atoms with Gasteiger partial charge in [0.1, 0.15) is 5.70 Å². The number of aliphatic carboxylic acids is 1. The molecule has 0 bridgehead atoms. The molecule has 0 aliphatic heterocycles. The van der Waals surface area contributed by atoms with Crippen LogP contribution in [0.1, 0.15) is 11.1 Å². The van der Waals surface area contributed by atoms with E-state index in [-0.39, 0.29) is 79.3 Å². The summed E-state index contributed by atoms with van der Waals surface area (Å²) in [6, 6.07) is 7.10. The fourth-order valence-corrected chi connectivity index (χ4v) is 0.965. The molecule has 0 heterocycles. The molecule has 0 amide bonds. The molecule has 3 nitrogen and oxygen atoms in total. The van der Waals surface area contributed by atoms with Crippen LogP contribution < -0.4 is 63.3 Å². The van der Waals surface area contributed by atoms with Crippen molar-refractivity contribution in [3.8, 4) is 0 Å². The van der Waals surface area contributed by atoms with Crippen molar-refractivity contribution in [3.63, 3.8) is 0 Å². The molecule has 5 heteroatoms. The Kier molecular flexibility index (Phi) is 11.1. The van der Waals surface area contributed by atoms with Gasteiger partial charge >= 0.3 is 58.2 Å². The summed E-state index contributed by atoms with van der Waals surface area (Å²) >= 11 is 0. The molecule has 0 saturated carbocycles. The number of rotatable bonds is 2. The Morgan fingerprint density at radius 2 is 2.00 bits per heavy atom. The van der Waals surface area contributed by atoms with Crippen LogP contribution in [-0.2, 0) is 25.9 Å². The van der Waals surface area contributed by atoms with Gasteiger partial charge in [-0.2, -0.15) is 5.56 Å². The summed E-state index contributed by atoms with van der Waals surface area (Å²) in [7, 11) is 0. The Bertz CT molecular complexity index is 438. The molecule has 1 aromatic rings.